The molecule has 1 N–H and O–H groups in total. The molecule has 23 heavy (non-hydrogen) atoms. The zero-order valence-electron chi connectivity index (χ0n) is 13.3. The molecule has 0 aliphatic carbocycles. The Kier molecular flexibility index (Phi) is 4.02. The lowest BCUT2D eigenvalue weighted by molar-refractivity contribution is 0.408. The summed E-state index contributed by atoms with van der Waals surface area (Å²) in [7, 11) is 1.66. The average Bonchev–Trinajstić information content (AvgIpc) is 3.01. The lowest BCUT2D eigenvalue weighted by Crippen LogP contribution is -2.01. The van der Waals surface area contributed by atoms with E-state index in [0.29, 0.717) is 5.69 Å². The highest BCUT2D eigenvalue weighted by Gasteiger charge is 2.09. The summed E-state index contributed by atoms with van der Waals surface area (Å²) in [5.41, 5.74) is 4.43. The van der Waals surface area contributed by atoms with Crippen LogP contribution >= 0.6 is 0 Å². The first-order chi connectivity index (χ1) is 11.1. The van der Waals surface area contributed by atoms with Gasteiger partial charge < -0.3 is 14.6 Å². The first-order valence-electron chi connectivity index (χ1n) is 7.28. The van der Waals surface area contributed by atoms with Crippen LogP contribution in [0.3, 0.4) is 0 Å². The number of benzene rings is 2. The highest BCUT2D eigenvalue weighted by Crippen LogP contribution is 2.30. The summed E-state index contributed by atoms with van der Waals surface area (Å²) >= 11 is 0. The first-order valence-corrected chi connectivity index (χ1v) is 7.28. The number of rotatable bonds is 4. The van der Waals surface area contributed by atoms with E-state index in [9.17, 15) is 4.39 Å². The molecule has 0 fully saturated rings. The Bertz CT molecular complexity index is 805. The predicted molar refractivity (Wildman–Crippen MR) is 89.3 cm³/mol. The molecule has 5 heteroatoms. The maximum Gasteiger partial charge on any atom is 0.125 e. The van der Waals surface area contributed by atoms with Crippen molar-refractivity contribution in [2.45, 2.75) is 13.8 Å². The molecule has 0 spiro atoms. The third kappa shape index (κ3) is 3.04. The van der Waals surface area contributed by atoms with E-state index in [1.165, 1.54) is 12.1 Å². The number of hydrogen-bond donors (Lipinski definition) is 1. The summed E-state index contributed by atoms with van der Waals surface area (Å²) in [5, 5.41) is 3.29. The molecule has 0 radical (unpaired) electrons. The first kappa shape index (κ1) is 15.1. The molecule has 0 saturated heterocycles. The van der Waals surface area contributed by atoms with Crippen LogP contribution in [0.1, 0.15) is 11.1 Å². The van der Waals surface area contributed by atoms with Gasteiger partial charge in [-0.25, -0.2) is 9.37 Å². The van der Waals surface area contributed by atoms with Crippen molar-refractivity contribution in [2.75, 3.05) is 12.4 Å². The zero-order chi connectivity index (χ0) is 16.4. The van der Waals surface area contributed by atoms with Gasteiger partial charge in [0.1, 0.15) is 11.6 Å². The Morgan fingerprint density at radius 1 is 1.13 bits per heavy atom. The fourth-order valence-corrected chi connectivity index (χ4v) is 2.74. The third-order valence-electron chi connectivity index (χ3n) is 3.68. The van der Waals surface area contributed by atoms with Crippen LogP contribution in [0.4, 0.5) is 15.8 Å². The van der Waals surface area contributed by atoms with Gasteiger partial charge in [-0.1, -0.05) is 0 Å². The van der Waals surface area contributed by atoms with Crippen molar-refractivity contribution in [1.82, 2.24) is 9.55 Å². The van der Waals surface area contributed by atoms with E-state index in [-0.39, 0.29) is 5.82 Å². The second-order valence-corrected chi connectivity index (χ2v) is 5.40. The van der Waals surface area contributed by atoms with Crippen LogP contribution in [0.5, 0.6) is 5.75 Å². The maximum atomic E-state index is 13.7. The van der Waals surface area contributed by atoms with Crippen molar-refractivity contribution in [3.63, 3.8) is 0 Å². The summed E-state index contributed by atoms with van der Waals surface area (Å²) < 4.78 is 20.9. The summed E-state index contributed by atoms with van der Waals surface area (Å²) in [6.07, 6.45) is 5.20. The van der Waals surface area contributed by atoms with Crippen molar-refractivity contribution in [1.29, 1.82) is 0 Å². The van der Waals surface area contributed by atoms with Gasteiger partial charge in [-0.2, -0.15) is 0 Å². The zero-order valence-corrected chi connectivity index (χ0v) is 13.3. The van der Waals surface area contributed by atoms with Crippen LogP contribution < -0.4 is 10.1 Å². The molecule has 4 nitrogen and oxygen atoms in total. The summed E-state index contributed by atoms with van der Waals surface area (Å²) in [4.78, 5) is 4.04. The minimum absolute atomic E-state index is 0.293. The summed E-state index contributed by atoms with van der Waals surface area (Å²) in [6, 6.07) is 8.60. The molecule has 2 aromatic carbocycles. The predicted octanol–water partition coefficient (Wildman–Crippen LogP) is 4.38. The lowest BCUT2D eigenvalue weighted by Gasteiger charge is -2.16. The fraction of sp³-hybridized carbons (Fsp3) is 0.167. The molecular formula is C18H18FN3O. The number of nitrogens with zero attached hydrogens (tertiary/aromatic N) is 2. The van der Waals surface area contributed by atoms with Crippen molar-refractivity contribution in [2.24, 2.45) is 0 Å². The third-order valence-corrected chi connectivity index (χ3v) is 3.68. The molecule has 3 aromatic rings. The molecule has 0 aliphatic heterocycles. The number of aromatic nitrogens is 2. The second-order valence-electron chi connectivity index (χ2n) is 5.40. The number of methoxy groups -OCH3 is 1. The SMILES string of the molecule is COc1c(C)cc(Nc2cc(F)ccc2-n2ccnc2)cc1C. The molecule has 1 aromatic heterocycles. The minimum Gasteiger partial charge on any atom is -0.496 e. The Labute approximate surface area is 134 Å². The minimum atomic E-state index is -0.293. The Morgan fingerprint density at radius 2 is 1.87 bits per heavy atom. The number of ether oxygens (including phenoxy) is 1. The maximum absolute atomic E-state index is 13.7. The molecular weight excluding hydrogens is 293 g/mol. The van der Waals surface area contributed by atoms with Crippen LogP contribution in [-0.4, -0.2) is 16.7 Å². The van der Waals surface area contributed by atoms with E-state index in [1.807, 2.05) is 36.7 Å². The number of nitrogens with one attached hydrogen (secondary N) is 1. The van der Waals surface area contributed by atoms with Crippen molar-refractivity contribution < 1.29 is 9.13 Å². The number of hydrogen-bond acceptors (Lipinski definition) is 3. The quantitative estimate of drug-likeness (QED) is 0.777. The van der Waals surface area contributed by atoms with Gasteiger partial charge in [0.2, 0.25) is 0 Å². The molecule has 1 heterocycles. The number of halogens is 1. The fourth-order valence-electron chi connectivity index (χ4n) is 2.74. The van der Waals surface area contributed by atoms with E-state index < -0.39 is 0 Å². The Balaban J connectivity index is 2.02. The largest absolute Gasteiger partial charge is 0.496 e. The van der Waals surface area contributed by atoms with Gasteiger partial charge in [-0.05, 0) is 55.3 Å². The molecule has 0 bridgehead atoms. The van der Waals surface area contributed by atoms with Gasteiger partial charge in [0, 0.05) is 18.1 Å². The van der Waals surface area contributed by atoms with E-state index in [1.54, 1.807) is 25.7 Å². The van der Waals surface area contributed by atoms with Crippen molar-refractivity contribution in [3.8, 4) is 11.4 Å². The van der Waals surface area contributed by atoms with Gasteiger partial charge in [0.15, 0.2) is 0 Å². The van der Waals surface area contributed by atoms with Crippen LogP contribution in [0.15, 0.2) is 49.1 Å². The molecule has 0 saturated carbocycles. The molecule has 0 amide bonds. The number of anilines is 2. The smallest absolute Gasteiger partial charge is 0.125 e. The number of imidazole rings is 1. The van der Waals surface area contributed by atoms with Gasteiger partial charge in [-0.15, -0.1) is 0 Å². The topological polar surface area (TPSA) is 39.1 Å². The van der Waals surface area contributed by atoms with Gasteiger partial charge in [0.25, 0.3) is 0 Å². The lowest BCUT2D eigenvalue weighted by atomic mass is 10.1. The molecule has 3 rings (SSSR count). The van der Waals surface area contributed by atoms with Gasteiger partial charge >= 0.3 is 0 Å². The van der Waals surface area contributed by atoms with Crippen molar-refractivity contribution in [3.05, 3.63) is 66.0 Å². The summed E-state index contributed by atoms with van der Waals surface area (Å²) in [5.74, 6) is 0.572. The number of aryl methyl sites for hydroxylation is 2. The second kappa shape index (κ2) is 6.12. The molecule has 0 unspecified atom stereocenters. The van der Waals surface area contributed by atoms with E-state index in [4.69, 9.17) is 4.74 Å². The van der Waals surface area contributed by atoms with Gasteiger partial charge in [-0.3, -0.25) is 0 Å². The van der Waals surface area contributed by atoms with Crippen molar-refractivity contribution >= 4 is 11.4 Å². The van der Waals surface area contributed by atoms with E-state index in [2.05, 4.69) is 10.3 Å². The Hall–Kier alpha value is -2.82. The molecule has 0 aliphatic rings. The van der Waals surface area contributed by atoms with Crippen LogP contribution in [0.2, 0.25) is 0 Å². The van der Waals surface area contributed by atoms with Gasteiger partial charge in [0.05, 0.1) is 24.8 Å². The van der Waals surface area contributed by atoms with E-state index in [0.717, 1.165) is 28.3 Å². The molecule has 118 valence electrons. The molecule has 0 atom stereocenters. The standard InChI is InChI=1S/C18H18FN3O/c1-12-8-15(9-13(2)18(12)23-3)21-16-10-14(19)4-5-17(16)22-7-6-20-11-22/h4-11,21H,1-3H3. The monoisotopic (exact) mass is 311 g/mol. The van der Waals surface area contributed by atoms with Crippen LogP contribution in [0.25, 0.3) is 5.69 Å². The van der Waals surface area contributed by atoms with Crippen LogP contribution in [-0.2, 0) is 0 Å². The summed E-state index contributed by atoms with van der Waals surface area (Å²) in [6.45, 7) is 3.97. The Morgan fingerprint density at radius 3 is 2.48 bits per heavy atom. The average molecular weight is 311 g/mol. The van der Waals surface area contributed by atoms with Crippen LogP contribution in [0, 0.1) is 19.7 Å². The highest BCUT2D eigenvalue weighted by atomic mass is 19.1. The normalized spacial score (nSPS) is 10.6. The highest BCUT2D eigenvalue weighted by molar-refractivity contribution is 5.70. The van der Waals surface area contributed by atoms with E-state index >= 15 is 0 Å².